The molecule has 2 atom stereocenters. The maximum absolute atomic E-state index is 3.99. The Bertz CT molecular complexity index is 655. The van der Waals surface area contributed by atoms with Crippen molar-refractivity contribution in [1.82, 2.24) is 0 Å². The predicted octanol–water partition coefficient (Wildman–Crippen LogP) is 6.07. The van der Waals surface area contributed by atoms with E-state index in [1.54, 1.807) is 0 Å². The van der Waals surface area contributed by atoms with Gasteiger partial charge in [-0.3, -0.25) is 0 Å². The van der Waals surface area contributed by atoms with E-state index in [9.17, 15) is 0 Å². The smallest absolute Gasteiger partial charge is 0.0422 e. The van der Waals surface area contributed by atoms with Crippen molar-refractivity contribution in [2.45, 2.75) is 26.7 Å². The third-order valence-electron chi connectivity index (χ3n) is 4.39. The number of aryl methyl sites for hydroxylation is 1. The van der Waals surface area contributed by atoms with Gasteiger partial charge in [0.05, 0.1) is 0 Å². The van der Waals surface area contributed by atoms with Gasteiger partial charge in [-0.25, -0.2) is 0 Å². The van der Waals surface area contributed by atoms with E-state index < -0.39 is 0 Å². The van der Waals surface area contributed by atoms with Crippen molar-refractivity contribution < 1.29 is 0 Å². The summed E-state index contributed by atoms with van der Waals surface area (Å²) in [6, 6.07) is 4.42. The molecule has 0 N–H and O–H groups in total. The quantitative estimate of drug-likeness (QED) is 0.546. The molecule has 0 radical (unpaired) electrons. The van der Waals surface area contributed by atoms with Crippen molar-refractivity contribution in [2.75, 3.05) is 0 Å². The Balaban J connectivity index is 0.000000374. The summed E-state index contributed by atoms with van der Waals surface area (Å²) in [5.74, 6) is 0.505. The fraction of sp³-hybridized carbons (Fsp3) is 0.238. The molecule has 0 aliphatic heterocycles. The maximum atomic E-state index is 3.99. The average molecular weight is 276 g/mol. The number of fused-ring (bicyclic) bond motifs is 2. The summed E-state index contributed by atoms with van der Waals surface area (Å²) >= 11 is 0. The molecule has 3 aliphatic carbocycles. The van der Waals surface area contributed by atoms with E-state index in [2.05, 4.69) is 69.2 Å². The summed E-state index contributed by atoms with van der Waals surface area (Å²) in [6.45, 7) is 16.2. The van der Waals surface area contributed by atoms with Gasteiger partial charge in [0.15, 0.2) is 0 Å². The first kappa shape index (κ1) is 15.3. The van der Waals surface area contributed by atoms with Crippen LogP contribution in [0.1, 0.15) is 42.0 Å². The van der Waals surface area contributed by atoms with E-state index >= 15 is 0 Å². The fourth-order valence-electron chi connectivity index (χ4n) is 3.38. The van der Waals surface area contributed by atoms with Gasteiger partial charge < -0.3 is 0 Å². The molecule has 2 unspecified atom stereocenters. The predicted molar refractivity (Wildman–Crippen MR) is 95.3 cm³/mol. The first-order valence-corrected chi connectivity index (χ1v) is 7.63. The second-order valence-corrected chi connectivity index (χ2v) is 5.21. The molecule has 1 aromatic carbocycles. The summed E-state index contributed by atoms with van der Waals surface area (Å²) < 4.78 is 0. The molecule has 1 spiro atoms. The second kappa shape index (κ2) is 5.73. The van der Waals surface area contributed by atoms with E-state index in [0.717, 1.165) is 0 Å². The molecule has 0 bridgehead atoms. The molecule has 0 heteroatoms. The van der Waals surface area contributed by atoms with E-state index in [0.29, 0.717) is 5.92 Å². The van der Waals surface area contributed by atoms with Crippen molar-refractivity contribution in [3.05, 3.63) is 84.0 Å². The van der Waals surface area contributed by atoms with Crippen LogP contribution in [0.4, 0.5) is 0 Å². The topological polar surface area (TPSA) is 0 Å². The minimum atomic E-state index is 0.235. The molecular formula is C21H24. The Kier molecular flexibility index (Phi) is 4.18. The molecule has 0 saturated carbocycles. The second-order valence-electron chi connectivity index (χ2n) is 5.21. The van der Waals surface area contributed by atoms with Crippen molar-refractivity contribution in [2.24, 2.45) is 5.41 Å². The van der Waals surface area contributed by atoms with Crippen LogP contribution < -0.4 is 0 Å². The molecule has 21 heavy (non-hydrogen) atoms. The zero-order valence-corrected chi connectivity index (χ0v) is 13.3. The van der Waals surface area contributed by atoms with Crippen molar-refractivity contribution >= 4 is 12.2 Å². The summed E-state index contributed by atoms with van der Waals surface area (Å²) in [4.78, 5) is 0. The number of benzene rings is 1. The molecule has 0 saturated heterocycles. The van der Waals surface area contributed by atoms with Crippen LogP contribution in [0.5, 0.6) is 0 Å². The molecule has 0 amide bonds. The highest BCUT2D eigenvalue weighted by molar-refractivity contribution is 5.77. The Labute approximate surface area is 128 Å². The van der Waals surface area contributed by atoms with Crippen molar-refractivity contribution in [1.29, 1.82) is 0 Å². The monoisotopic (exact) mass is 276 g/mol. The van der Waals surface area contributed by atoms with Crippen molar-refractivity contribution in [3.8, 4) is 0 Å². The molecule has 0 aromatic heterocycles. The number of hydrogen-bond donors (Lipinski definition) is 0. The Hall–Kier alpha value is -2.08. The first-order valence-electron chi connectivity index (χ1n) is 7.63. The molecule has 0 fully saturated rings. The summed E-state index contributed by atoms with van der Waals surface area (Å²) in [7, 11) is 0. The van der Waals surface area contributed by atoms with E-state index in [-0.39, 0.29) is 5.41 Å². The third kappa shape index (κ3) is 2.06. The van der Waals surface area contributed by atoms with Gasteiger partial charge in [-0.1, -0.05) is 69.0 Å². The SMILES string of the molecule is C=C.C=Cc1c(C)ccc2c1C1C=CC3=CC31C=C2.CC. The highest BCUT2D eigenvalue weighted by Crippen LogP contribution is 2.64. The normalized spacial score (nSPS) is 25.1. The van der Waals surface area contributed by atoms with Crippen LogP contribution in [0.15, 0.2) is 61.7 Å². The maximum Gasteiger partial charge on any atom is 0.0422 e. The molecular weight excluding hydrogens is 252 g/mol. The molecule has 3 aliphatic rings. The first-order chi connectivity index (χ1) is 10.3. The van der Waals surface area contributed by atoms with Crippen LogP contribution in [0.2, 0.25) is 0 Å². The van der Waals surface area contributed by atoms with Crippen LogP contribution >= 0.6 is 0 Å². The van der Waals surface area contributed by atoms with Crippen LogP contribution in [-0.2, 0) is 0 Å². The van der Waals surface area contributed by atoms with Gasteiger partial charge in [0, 0.05) is 11.3 Å². The molecule has 0 heterocycles. The largest absolute Gasteiger partial charge is 0.106 e. The van der Waals surface area contributed by atoms with Crippen LogP contribution in [-0.4, -0.2) is 0 Å². The van der Waals surface area contributed by atoms with Gasteiger partial charge in [-0.05, 0) is 34.8 Å². The van der Waals surface area contributed by atoms with Gasteiger partial charge in [0.1, 0.15) is 0 Å². The summed E-state index contributed by atoms with van der Waals surface area (Å²) in [5.41, 5.74) is 7.18. The molecule has 108 valence electrons. The number of hydrogen-bond acceptors (Lipinski definition) is 0. The molecule has 0 nitrogen and oxygen atoms in total. The summed E-state index contributed by atoms with van der Waals surface area (Å²) in [6.07, 6.45) is 13.7. The molecule has 1 aromatic rings. The zero-order chi connectivity index (χ0) is 15.6. The van der Waals surface area contributed by atoms with Crippen LogP contribution in [0.3, 0.4) is 0 Å². The lowest BCUT2D eigenvalue weighted by atomic mass is 9.74. The highest BCUT2D eigenvalue weighted by Gasteiger charge is 2.52. The molecule has 4 rings (SSSR count). The highest BCUT2D eigenvalue weighted by atomic mass is 14.5. The number of rotatable bonds is 1. The Morgan fingerprint density at radius 2 is 1.86 bits per heavy atom. The van der Waals surface area contributed by atoms with Gasteiger partial charge in [0.2, 0.25) is 0 Å². The number of allylic oxidation sites excluding steroid dienone is 5. The lowest BCUT2D eigenvalue weighted by Gasteiger charge is -2.29. The Morgan fingerprint density at radius 1 is 1.14 bits per heavy atom. The van der Waals surface area contributed by atoms with Gasteiger partial charge in [-0.2, -0.15) is 0 Å². The van der Waals surface area contributed by atoms with E-state index in [1.165, 1.54) is 27.8 Å². The third-order valence-corrected chi connectivity index (χ3v) is 4.39. The standard InChI is InChI=1S/C17H14.C2H6.C2H4/c1-3-14-11(2)4-5-12-8-9-17-10-13(17)6-7-15(17)16(12)14;2*1-2/h3-10,15H,1H2,2H3;1-2H3;1-2H2. The average Bonchev–Trinajstić information content (AvgIpc) is 3.13. The van der Waals surface area contributed by atoms with E-state index in [4.69, 9.17) is 0 Å². The van der Waals surface area contributed by atoms with Crippen LogP contribution in [0, 0.1) is 12.3 Å². The van der Waals surface area contributed by atoms with Gasteiger partial charge >= 0.3 is 0 Å². The van der Waals surface area contributed by atoms with Crippen molar-refractivity contribution in [3.63, 3.8) is 0 Å². The van der Waals surface area contributed by atoms with Crippen LogP contribution in [0.25, 0.3) is 12.2 Å². The van der Waals surface area contributed by atoms with Gasteiger partial charge in [0.25, 0.3) is 0 Å². The Morgan fingerprint density at radius 3 is 2.48 bits per heavy atom. The van der Waals surface area contributed by atoms with E-state index in [1.807, 2.05) is 19.9 Å². The lowest BCUT2D eigenvalue weighted by Crippen LogP contribution is -2.16. The lowest BCUT2D eigenvalue weighted by molar-refractivity contribution is 0.632. The minimum absolute atomic E-state index is 0.235. The minimum Gasteiger partial charge on any atom is -0.106 e. The van der Waals surface area contributed by atoms with Gasteiger partial charge in [-0.15, -0.1) is 13.2 Å². The fourth-order valence-corrected chi connectivity index (χ4v) is 3.38. The zero-order valence-electron chi connectivity index (χ0n) is 13.3. The summed E-state index contributed by atoms with van der Waals surface area (Å²) in [5, 5.41) is 0.